The van der Waals surface area contributed by atoms with E-state index in [2.05, 4.69) is 33.7 Å². The van der Waals surface area contributed by atoms with Gasteiger partial charge < -0.3 is 10.6 Å². The van der Waals surface area contributed by atoms with Gasteiger partial charge in [0.15, 0.2) is 5.96 Å². The van der Waals surface area contributed by atoms with Crippen LogP contribution in [0.4, 0.5) is 0 Å². The lowest BCUT2D eigenvalue weighted by Gasteiger charge is -2.12. The molecule has 0 unspecified atom stereocenters. The van der Waals surface area contributed by atoms with E-state index in [4.69, 9.17) is 5.14 Å². The number of benzene rings is 1. The number of sulfonamides is 1. The van der Waals surface area contributed by atoms with Gasteiger partial charge in [0.1, 0.15) is 0 Å². The zero-order valence-electron chi connectivity index (χ0n) is 15.8. The zero-order valence-corrected chi connectivity index (χ0v) is 18.9. The first-order valence-corrected chi connectivity index (χ1v) is 9.91. The molecular weight excluding hydrogens is 479 g/mol. The Bertz CT molecular complexity index is 862. The van der Waals surface area contributed by atoms with Gasteiger partial charge in [-0.05, 0) is 44.0 Å². The molecule has 8 nitrogen and oxygen atoms in total. The third kappa shape index (κ3) is 7.46. The molecule has 0 radical (unpaired) electrons. The van der Waals surface area contributed by atoms with Crippen molar-refractivity contribution in [1.29, 1.82) is 0 Å². The van der Waals surface area contributed by atoms with Crippen LogP contribution in [-0.2, 0) is 23.1 Å². The van der Waals surface area contributed by atoms with E-state index >= 15 is 0 Å². The molecule has 0 bridgehead atoms. The van der Waals surface area contributed by atoms with Crippen LogP contribution in [0.3, 0.4) is 0 Å². The van der Waals surface area contributed by atoms with Crippen molar-refractivity contribution >= 4 is 40.0 Å². The lowest BCUT2D eigenvalue weighted by molar-refractivity contribution is 0.555. The molecule has 0 fully saturated rings. The number of nitrogens with two attached hydrogens (primary N) is 1. The minimum absolute atomic E-state index is 0. The van der Waals surface area contributed by atoms with Gasteiger partial charge in [0, 0.05) is 32.4 Å². The summed E-state index contributed by atoms with van der Waals surface area (Å²) in [6.45, 7) is 6.18. The van der Waals surface area contributed by atoms with Crippen LogP contribution in [-0.4, -0.2) is 37.8 Å². The molecular formula is C17H27IN6O2S. The summed E-state index contributed by atoms with van der Waals surface area (Å²) >= 11 is 0. The SMILES string of the molecule is CN=C(NCCCn1nc(C)cc1C)NCc1ccc(S(N)(=O)=O)cc1.I. The van der Waals surface area contributed by atoms with E-state index in [1.165, 1.54) is 12.1 Å². The lowest BCUT2D eigenvalue weighted by atomic mass is 10.2. The molecule has 1 aromatic carbocycles. The highest BCUT2D eigenvalue weighted by atomic mass is 127. The van der Waals surface area contributed by atoms with Crippen LogP contribution in [0.25, 0.3) is 0 Å². The molecule has 150 valence electrons. The van der Waals surface area contributed by atoms with E-state index in [1.54, 1.807) is 19.2 Å². The fourth-order valence-electron chi connectivity index (χ4n) is 2.54. The summed E-state index contributed by atoms with van der Waals surface area (Å²) in [6, 6.07) is 8.51. The van der Waals surface area contributed by atoms with Gasteiger partial charge in [-0.2, -0.15) is 5.10 Å². The van der Waals surface area contributed by atoms with Gasteiger partial charge in [-0.3, -0.25) is 9.67 Å². The minimum Gasteiger partial charge on any atom is -0.356 e. The van der Waals surface area contributed by atoms with Crippen molar-refractivity contribution in [3.8, 4) is 0 Å². The van der Waals surface area contributed by atoms with Crippen LogP contribution in [0.5, 0.6) is 0 Å². The highest BCUT2D eigenvalue weighted by molar-refractivity contribution is 14.0. The third-order valence-corrected chi connectivity index (χ3v) is 4.81. The Morgan fingerprint density at radius 2 is 1.89 bits per heavy atom. The maximum absolute atomic E-state index is 11.3. The number of aromatic nitrogens is 2. The van der Waals surface area contributed by atoms with Gasteiger partial charge in [-0.15, -0.1) is 24.0 Å². The van der Waals surface area contributed by atoms with Gasteiger partial charge in [-0.25, -0.2) is 13.6 Å². The summed E-state index contributed by atoms with van der Waals surface area (Å²) in [7, 11) is -1.95. The molecule has 0 spiro atoms. The average Bonchev–Trinajstić information content (AvgIpc) is 2.91. The van der Waals surface area contributed by atoms with Crippen LogP contribution in [0.2, 0.25) is 0 Å². The van der Waals surface area contributed by atoms with E-state index in [1.807, 2.05) is 11.6 Å². The van der Waals surface area contributed by atoms with Crippen LogP contribution >= 0.6 is 24.0 Å². The Hall–Kier alpha value is -1.66. The number of halogens is 1. The number of guanidine groups is 1. The Morgan fingerprint density at radius 3 is 2.41 bits per heavy atom. The first-order chi connectivity index (χ1) is 12.3. The summed E-state index contributed by atoms with van der Waals surface area (Å²) in [5.74, 6) is 0.689. The normalized spacial score (nSPS) is 11.8. The van der Waals surface area contributed by atoms with Crippen LogP contribution < -0.4 is 15.8 Å². The van der Waals surface area contributed by atoms with E-state index in [0.29, 0.717) is 12.5 Å². The smallest absolute Gasteiger partial charge is 0.238 e. The molecule has 1 heterocycles. The average molecular weight is 506 g/mol. The van der Waals surface area contributed by atoms with Crippen molar-refractivity contribution in [3.63, 3.8) is 0 Å². The number of primary sulfonamides is 1. The number of nitrogens with zero attached hydrogens (tertiary/aromatic N) is 3. The summed E-state index contributed by atoms with van der Waals surface area (Å²) < 4.78 is 24.5. The standard InChI is InChI=1S/C17H26N6O2S.HI/c1-13-11-14(2)23(22-13)10-4-9-20-17(19-3)21-12-15-5-7-16(8-6-15)26(18,24)25;/h5-8,11H,4,9-10,12H2,1-3H3,(H2,18,24,25)(H2,19,20,21);1H. The summed E-state index contributed by atoms with van der Waals surface area (Å²) in [5.41, 5.74) is 3.12. The highest BCUT2D eigenvalue weighted by Crippen LogP contribution is 2.08. The van der Waals surface area contributed by atoms with Gasteiger partial charge in [0.2, 0.25) is 10.0 Å². The highest BCUT2D eigenvalue weighted by Gasteiger charge is 2.07. The molecule has 0 aliphatic rings. The first-order valence-electron chi connectivity index (χ1n) is 8.37. The molecule has 0 amide bonds. The largest absolute Gasteiger partial charge is 0.356 e. The Morgan fingerprint density at radius 1 is 1.22 bits per heavy atom. The van der Waals surface area contributed by atoms with Crippen molar-refractivity contribution < 1.29 is 8.42 Å². The molecule has 2 rings (SSSR count). The second-order valence-corrected chi connectivity index (χ2v) is 7.61. The Labute approximate surface area is 177 Å². The zero-order chi connectivity index (χ0) is 19.2. The maximum Gasteiger partial charge on any atom is 0.238 e. The number of hydrogen-bond acceptors (Lipinski definition) is 4. The lowest BCUT2D eigenvalue weighted by Crippen LogP contribution is -2.37. The summed E-state index contributed by atoms with van der Waals surface area (Å²) in [6.07, 6.45) is 0.922. The van der Waals surface area contributed by atoms with Crippen molar-refractivity contribution in [3.05, 3.63) is 47.3 Å². The van der Waals surface area contributed by atoms with Crippen molar-refractivity contribution in [2.75, 3.05) is 13.6 Å². The molecule has 2 aromatic rings. The van der Waals surface area contributed by atoms with Crippen molar-refractivity contribution in [1.82, 2.24) is 20.4 Å². The molecule has 0 aliphatic heterocycles. The number of rotatable bonds is 7. The number of aryl methyl sites for hydroxylation is 3. The third-order valence-electron chi connectivity index (χ3n) is 3.88. The number of hydrogen-bond donors (Lipinski definition) is 3. The fraction of sp³-hybridized carbons (Fsp3) is 0.412. The quantitative estimate of drug-likeness (QED) is 0.228. The minimum atomic E-state index is -3.66. The van der Waals surface area contributed by atoms with E-state index in [0.717, 1.165) is 36.5 Å². The number of nitrogens with one attached hydrogen (secondary N) is 2. The van der Waals surface area contributed by atoms with E-state index in [-0.39, 0.29) is 28.9 Å². The maximum atomic E-state index is 11.3. The molecule has 1 aromatic heterocycles. The molecule has 0 saturated carbocycles. The molecule has 27 heavy (non-hydrogen) atoms. The van der Waals surface area contributed by atoms with Crippen molar-refractivity contribution in [2.24, 2.45) is 10.1 Å². The molecule has 4 N–H and O–H groups in total. The van der Waals surface area contributed by atoms with Gasteiger partial charge in [0.25, 0.3) is 0 Å². The molecule has 0 aliphatic carbocycles. The predicted molar refractivity (Wildman–Crippen MR) is 118 cm³/mol. The van der Waals surface area contributed by atoms with Gasteiger partial charge >= 0.3 is 0 Å². The Balaban J connectivity index is 0.00000364. The molecule has 0 atom stereocenters. The van der Waals surface area contributed by atoms with Crippen LogP contribution in [0.15, 0.2) is 40.2 Å². The van der Waals surface area contributed by atoms with E-state index < -0.39 is 10.0 Å². The Kier molecular flexibility index (Phi) is 9.19. The number of aliphatic imine (C=N–C) groups is 1. The second kappa shape index (κ2) is 10.6. The molecule has 10 heteroatoms. The van der Waals surface area contributed by atoms with Gasteiger partial charge in [-0.1, -0.05) is 12.1 Å². The van der Waals surface area contributed by atoms with Gasteiger partial charge in [0.05, 0.1) is 10.6 Å². The van der Waals surface area contributed by atoms with Crippen LogP contribution in [0, 0.1) is 13.8 Å². The predicted octanol–water partition coefficient (Wildman–Crippen LogP) is 1.52. The second-order valence-electron chi connectivity index (χ2n) is 6.05. The first kappa shape index (κ1) is 23.4. The summed E-state index contributed by atoms with van der Waals surface area (Å²) in [4.78, 5) is 4.29. The monoisotopic (exact) mass is 506 g/mol. The van der Waals surface area contributed by atoms with E-state index in [9.17, 15) is 8.42 Å². The molecule has 0 saturated heterocycles. The van der Waals surface area contributed by atoms with Crippen molar-refractivity contribution in [2.45, 2.75) is 38.3 Å². The summed E-state index contributed by atoms with van der Waals surface area (Å²) in [5, 5.41) is 16.0. The van der Waals surface area contributed by atoms with Crippen LogP contribution in [0.1, 0.15) is 23.4 Å². The fourth-order valence-corrected chi connectivity index (χ4v) is 3.06. The topological polar surface area (TPSA) is 114 Å².